The first kappa shape index (κ1) is 15.9. The number of thiazole rings is 1. The number of anilines is 1. The topological polar surface area (TPSA) is 53.4 Å². The lowest BCUT2D eigenvalue weighted by Crippen LogP contribution is -2.39. The molecule has 1 fully saturated rings. The van der Waals surface area contributed by atoms with E-state index < -0.39 is 11.8 Å². The number of benzene rings is 1. The molecule has 1 atom stereocenters. The molecule has 0 radical (unpaired) electrons. The molecular weight excluding hydrogens is 315 g/mol. The zero-order valence-corrected chi connectivity index (χ0v) is 13.8. The van der Waals surface area contributed by atoms with Gasteiger partial charge in [-0.15, -0.1) is 11.3 Å². The quantitative estimate of drug-likeness (QED) is 0.899. The van der Waals surface area contributed by atoms with Crippen molar-refractivity contribution in [2.75, 3.05) is 11.4 Å². The van der Waals surface area contributed by atoms with E-state index in [1.165, 1.54) is 36.3 Å². The van der Waals surface area contributed by atoms with Gasteiger partial charge in [0.15, 0.2) is 5.13 Å². The van der Waals surface area contributed by atoms with Crippen LogP contribution in [0.5, 0.6) is 0 Å². The number of hydrogen-bond donors (Lipinski definition) is 1. The second-order valence-corrected chi connectivity index (χ2v) is 6.60. The summed E-state index contributed by atoms with van der Waals surface area (Å²) in [5.74, 6) is -1.68. The van der Waals surface area contributed by atoms with E-state index in [0.29, 0.717) is 17.3 Å². The van der Waals surface area contributed by atoms with E-state index in [4.69, 9.17) is 5.11 Å². The van der Waals surface area contributed by atoms with E-state index in [1.54, 1.807) is 0 Å². The third-order valence-electron chi connectivity index (χ3n) is 4.33. The number of carbonyl (C=O) groups is 1. The zero-order valence-electron chi connectivity index (χ0n) is 13.0. The molecule has 1 N–H and O–H groups in total. The third-order valence-corrected chi connectivity index (χ3v) is 5.21. The first-order valence-corrected chi connectivity index (χ1v) is 8.73. The van der Waals surface area contributed by atoms with E-state index >= 15 is 0 Å². The number of piperidine rings is 1. The molecule has 122 valence electrons. The fraction of sp³-hybridized carbons (Fsp3) is 0.412. The molecule has 1 aromatic heterocycles. The van der Waals surface area contributed by atoms with Gasteiger partial charge in [0.2, 0.25) is 0 Å². The van der Waals surface area contributed by atoms with Gasteiger partial charge in [-0.25, -0.2) is 14.2 Å². The largest absolute Gasteiger partial charge is 0.478 e. The Hall–Kier alpha value is -1.95. The van der Waals surface area contributed by atoms with Crippen molar-refractivity contribution in [3.63, 3.8) is 0 Å². The first-order chi connectivity index (χ1) is 11.1. The predicted octanol–water partition coefficient (Wildman–Crippen LogP) is 4.42. The first-order valence-electron chi connectivity index (χ1n) is 7.85. The van der Waals surface area contributed by atoms with Crippen molar-refractivity contribution in [3.8, 4) is 11.3 Å². The van der Waals surface area contributed by atoms with Gasteiger partial charge >= 0.3 is 5.97 Å². The fourth-order valence-electron chi connectivity index (χ4n) is 3.05. The highest BCUT2D eigenvalue weighted by Gasteiger charge is 2.24. The van der Waals surface area contributed by atoms with Crippen molar-refractivity contribution < 1.29 is 14.3 Å². The summed E-state index contributed by atoms with van der Waals surface area (Å²) in [5.41, 5.74) is 0.867. The average molecular weight is 334 g/mol. The van der Waals surface area contributed by atoms with Crippen LogP contribution in [0.3, 0.4) is 0 Å². The number of aromatic nitrogens is 1. The molecular formula is C17H19FN2O2S. The predicted molar refractivity (Wildman–Crippen MR) is 89.7 cm³/mol. The number of aromatic carboxylic acids is 1. The molecule has 4 nitrogen and oxygen atoms in total. The zero-order chi connectivity index (χ0) is 16.4. The maximum absolute atomic E-state index is 14.2. The minimum Gasteiger partial charge on any atom is -0.478 e. The van der Waals surface area contributed by atoms with Crippen molar-refractivity contribution in [1.29, 1.82) is 0 Å². The van der Waals surface area contributed by atoms with Crippen molar-refractivity contribution in [3.05, 3.63) is 35.0 Å². The summed E-state index contributed by atoms with van der Waals surface area (Å²) in [7, 11) is 0. The minimum atomic E-state index is -1.13. The van der Waals surface area contributed by atoms with Gasteiger partial charge in [-0.05, 0) is 43.9 Å². The Morgan fingerprint density at radius 3 is 3.00 bits per heavy atom. The molecule has 6 heteroatoms. The van der Waals surface area contributed by atoms with Crippen LogP contribution < -0.4 is 4.90 Å². The molecule has 0 aliphatic carbocycles. The fourth-order valence-corrected chi connectivity index (χ4v) is 3.98. The van der Waals surface area contributed by atoms with Crippen molar-refractivity contribution in [2.24, 2.45) is 0 Å². The third kappa shape index (κ3) is 3.22. The molecule has 1 saturated heterocycles. The lowest BCUT2D eigenvalue weighted by molar-refractivity contribution is 0.0696. The van der Waals surface area contributed by atoms with Gasteiger partial charge in [0.05, 0.1) is 11.3 Å². The molecule has 3 rings (SSSR count). The maximum atomic E-state index is 14.2. The minimum absolute atomic E-state index is 0.0521. The van der Waals surface area contributed by atoms with Crippen LogP contribution in [0, 0.1) is 5.82 Å². The highest BCUT2D eigenvalue weighted by molar-refractivity contribution is 7.14. The Bertz CT molecular complexity index is 716. The molecule has 2 aromatic rings. The van der Waals surface area contributed by atoms with Crippen LogP contribution in [0.25, 0.3) is 11.3 Å². The summed E-state index contributed by atoms with van der Waals surface area (Å²) < 4.78 is 14.2. The van der Waals surface area contributed by atoms with E-state index in [9.17, 15) is 9.18 Å². The SMILES string of the molecule is CC[C@@H]1CCCCN1c1nc(-c2ccc(C(=O)O)cc2F)cs1. The van der Waals surface area contributed by atoms with Crippen LogP contribution >= 0.6 is 11.3 Å². The summed E-state index contributed by atoms with van der Waals surface area (Å²) in [6.07, 6.45) is 4.66. The van der Waals surface area contributed by atoms with Crippen molar-refractivity contribution in [1.82, 2.24) is 4.98 Å². The second-order valence-electron chi connectivity index (χ2n) is 5.77. The normalized spacial score (nSPS) is 18.2. The Morgan fingerprint density at radius 2 is 2.30 bits per heavy atom. The van der Waals surface area contributed by atoms with Gasteiger partial charge in [-0.3, -0.25) is 0 Å². The van der Waals surface area contributed by atoms with Crippen LogP contribution in [0.15, 0.2) is 23.6 Å². The lowest BCUT2D eigenvalue weighted by atomic mass is 10.0. The number of rotatable bonds is 4. The Balaban J connectivity index is 1.88. The standard InChI is InChI=1S/C17H19FN2O2S/c1-2-12-5-3-4-8-20(12)17-19-15(10-23-17)13-7-6-11(16(21)22)9-14(13)18/h6-7,9-10,12H,2-5,8H2,1H3,(H,21,22)/t12-/m1/s1. The van der Waals surface area contributed by atoms with Crippen LogP contribution in [0.4, 0.5) is 9.52 Å². The highest BCUT2D eigenvalue weighted by Crippen LogP contribution is 2.33. The molecule has 1 aliphatic rings. The van der Waals surface area contributed by atoms with Crippen molar-refractivity contribution in [2.45, 2.75) is 38.6 Å². The second kappa shape index (κ2) is 6.66. The van der Waals surface area contributed by atoms with Gasteiger partial charge < -0.3 is 10.0 Å². The molecule has 0 saturated carbocycles. The maximum Gasteiger partial charge on any atom is 0.335 e. The molecule has 0 amide bonds. The number of halogens is 1. The number of hydrogen-bond acceptors (Lipinski definition) is 4. The molecule has 0 unspecified atom stereocenters. The molecule has 1 aromatic carbocycles. The number of carboxylic acids is 1. The molecule has 23 heavy (non-hydrogen) atoms. The summed E-state index contributed by atoms with van der Waals surface area (Å²) in [5, 5.41) is 11.7. The summed E-state index contributed by atoms with van der Waals surface area (Å²) in [4.78, 5) is 17.8. The Kier molecular flexibility index (Phi) is 4.61. The van der Waals surface area contributed by atoms with Gasteiger partial charge in [0, 0.05) is 23.5 Å². The molecule has 2 heterocycles. The Labute approximate surface area is 138 Å². The van der Waals surface area contributed by atoms with E-state index in [2.05, 4.69) is 16.8 Å². The van der Waals surface area contributed by atoms with Crippen LogP contribution in [-0.4, -0.2) is 28.6 Å². The van der Waals surface area contributed by atoms with Gasteiger partial charge in [0.25, 0.3) is 0 Å². The van der Waals surface area contributed by atoms with Gasteiger partial charge in [0.1, 0.15) is 5.82 Å². The van der Waals surface area contributed by atoms with Gasteiger partial charge in [-0.2, -0.15) is 0 Å². The van der Waals surface area contributed by atoms with Gasteiger partial charge in [-0.1, -0.05) is 6.92 Å². The van der Waals surface area contributed by atoms with Crippen LogP contribution in [0.1, 0.15) is 43.0 Å². The Morgan fingerprint density at radius 1 is 1.48 bits per heavy atom. The molecule has 0 spiro atoms. The van der Waals surface area contributed by atoms with Crippen molar-refractivity contribution >= 4 is 22.4 Å². The lowest BCUT2D eigenvalue weighted by Gasteiger charge is -2.35. The number of carboxylic acid groups (broad SMARTS) is 1. The number of nitrogens with zero attached hydrogens (tertiary/aromatic N) is 2. The monoisotopic (exact) mass is 334 g/mol. The molecule has 0 bridgehead atoms. The average Bonchev–Trinajstić information content (AvgIpc) is 3.04. The summed E-state index contributed by atoms with van der Waals surface area (Å²) >= 11 is 1.52. The smallest absolute Gasteiger partial charge is 0.335 e. The summed E-state index contributed by atoms with van der Waals surface area (Å²) in [6, 6.07) is 4.45. The van der Waals surface area contributed by atoms with E-state index in [0.717, 1.165) is 30.6 Å². The van der Waals surface area contributed by atoms with Crippen LogP contribution in [-0.2, 0) is 0 Å². The van der Waals surface area contributed by atoms with E-state index in [-0.39, 0.29) is 5.56 Å². The summed E-state index contributed by atoms with van der Waals surface area (Å²) in [6.45, 7) is 3.17. The van der Waals surface area contributed by atoms with E-state index in [1.807, 2.05) is 5.38 Å². The highest BCUT2D eigenvalue weighted by atomic mass is 32.1. The van der Waals surface area contributed by atoms with Crippen LogP contribution in [0.2, 0.25) is 0 Å². The molecule has 1 aliphatic heterocycles.